The summed E-state index contributed by atoms with van der Waals surface area (Å²) in [5.41, 5.74) is 12.9. The minimum atomic E-state index is 0.646. The van der Waals surface area contributed by atoms with E-state index in [9.17, 15) is 0 Å². The molecule has 0 amide bonds. The molecule has 0 fully saturated rings. The lowest BCUT2D eigenvalue weighted by Gasteiger charge is -2.26. The van der Waals surface area contributed by atoms with Crippen LogP contribution in [0.5, 0.6) is 0 Å². The Bertz CT molecular complexity index is 2770. The minimum Gasteiger partial charge on any atom is -0.438 e. The molecule has 10 aromatic rings. The lowest BCUT2D eigenvalue weighted by Crippen LogP contribution is -2.09. The number of fused-ring (bicyclic) bond motifs is 5. The lowest BCUT2D eigenvalue weighted by molar-refractivity contribution is 0.654. The fraction of sp³-hybridized carbons (Fsp3) is 0. The van der Waals surface area contributed by atoms with Crippen molar-refractivity contribution < 1.29 is 4.42 Å². The van der Waals surface area contributed by atoms with Crippen LogP contribution in [-0.4, -0.2) is 15.0 Å². The number of para-hydroxylation sites is 3. The maximum atomic E-state index is 6.09. The highest BCUT2D eigenvalue weighted by Gasteiger charge is 2.15. The molecule has 0 radical (unpaired) electrons. The first-order valence-corrected chi connectivity index (χ1v) is 17.3. The SMILES string of the molecule is c1ccc2ncc(-c3ccc(N(c4ccc(-c5cnc6ccccc6c5)cc4)c4ccc(-c5ccc6c(n5)oc5ccccc56)cc4)cc3)cc2c1. The van der Waals surface area contributed by atoms with E-state index >= 15 is 0 Å². The summed E-state index contributed by atoms with van der Waals surface area (Å²) in [6, 6.07) is 59.0. The van der Waals surface area contributed by atoms with Crippen molar-refractivity contribution in [1.29, 1.82) is 0 Å². The monoisotopic (exact) mass is 666 g/mol. The third-order valence-electron chi connectivity index (χ3n) is 9.76. The fourth-order valence-electron chi connectivity index (χ4n) is 7.06. The van der Waals surface area contributed by atoms with Crippen LogP contribution in [0.15, 0.2) is 187 Å². The molecule has 0 aliphatic carbocycles. The molecular weight excluding hydrogens is 637 g/mol. The van der Waals surface area contributed by atoms with Gasteiger partial charge in [0.2, 0.25) is 5.71 Å². The summed E-state index contributed by atoms with van der Waals surface area (Å²) in [5, 5.41) is 4.35. The van der Waals surface area contributed by atoms with Crippen molar-refractivity contribution in [3.8, 4) is 33.5 Å². The van der Waals surface area contributed by atoms with Crippen molar-refractivity contribution in [3.63, 3.8) is 0 Å². The molecule has 0 aliphatic heterocycles. The van der Waals surface area contributed by atoms with Gasteiger partial charge in [0.15, 0.2) is 0 Å². The second-order valence-corrected chi connectivity index (χ2v) is 13.0. The summed E-state index contributed by atoms with van der Waals surface area (Å²) in [5.74, 6) is 0. The summed E-state index contributed by atoms with van der Waals surface area (Å²) in [6.45, 7) is 0. The zero-order chi connectivity index (χ0) is 34.4. The zero-order valence-corrected chi connectivity index (χ0v) is 28.0. The highest BCUT2D eigenvalue weighted by molar-refractivity contribution is 6.04. The molecule has 0 spiro atoms. The predicted molar refractivity (Wildman–Crippen MR) is 213 cm³/mol. The van der Waals surface area contributed by atoms with E-state index < -0.39 is 0 Å². The first-order valence-electron chi connectivity index (χ1n) is 17.3. The second kappa shape index (κ2) is 12.3. The fourth-order valence-corrected chi connectivity index (χ4v) is 7.06. The van der Waals surface area contributed by atoms with Gasteiger partial charge in [-0.05, 0) is 90.0 Å². The summed E-state index contributed by atoms with van der Waals surface area (Å²) >= 11 is 0. The van der Waals surface area contributed by atoms with Gasteiger partial charge >= 0.3 is 0 Å². The normalized spacial score (nSPS) is 11.5. The van der Waals surface area contributed by atoms with E-state index in [-0.39, 0.29) is 0 Å². The van der Waals surface area contributed by atoms with Gasteiger partial charge in [-0.3, -0.25) is 9.97 Å². The average Bonchev–Trinajstić information content (AvgIpc) is 3.59. The number of nitrogens with zero attached hydrogens (tertiary/aromatic N) is 4. The quantitative estimate of drug-likeness (QED) is 0.177. The van der Waals surface area contributed by atoms with Crippen molar-refractivity contribution in [2.24, 2.45) is 0 Å². The first-order chi connectivity index (χ1) is 25.7. The van der Waals surface area contributed by atoms with Crippen molar-refractivity contribution in [2.75, 3.05) is 4.90 Å². The molecule has 0 bridgehead atoms. The Hall–Kier alpha value is -7.11. The number of hydrogen-bond acceptors (Lipinski definition) is 5. The average molecular weight is 667 g/mol. The van der Waals surface area contributed by atoms with Crippen LogP contribution >= 0.6 is 0 Å². The number of hydrogen-bond donors (Lipinski definition) is 0. The maximum absolute atomic E-state index is 6.09. The molecular formula is C47H30N4O. The van der Waals surface area contributed by atoms with Gasteiger partial charge in [0, 0.05) is 67.7 Å². The molecule has 4 heterocycles. The molecule has 5 nitrogen and oxygen atoms in total. The van der Waals surface area contributed by atoms with Gasteiger partial charge in [-0.15, -0.1) is 0 Å². The van der Waals surface area contributed by atoms with Crippen LogP contribution < -0.4 is 4.90 Å². The van der Waals surface area contributed by atoms with E-state index in [0.29, 0.717) is 5.71 Å². The molecule has 244 valence electrons. The summed E-state index contributed by atoms with van der Waals surface area (Å²) in [6.07, 6.45) is 3.90. The van der Waals surface area contributed by atoms with Gasteiger partial charge < -0.3 is 9.32 Å². The van der Waals surface area contributed by atoms with E-state index in [2.05, 4.69) is 132 Å². The molecule has 0 saturated carbocycles. The van der Waals surface area contributed by atoms with E-state index in [1.165, 1.54) is 0 Å². The van der Waals surface area contributed by atoms with Crippen LogP contribution in [0.3, 0.4) is 0 Å². The number of rotatable bonds is 6. The highest BCUT2D eigenvalue weighted by atomic mass is 16.3. The van der Waals surface area contributed by atoms with Crippen LogP contribution in [0.25, 0.3) is 77.4 Å². The Morgan fingerprint density at radius 3 is 1.48 bits per heavy atom. The van der Waals surface area contributed by atoms with Gasteiger partial charge in [0.1, 0.15) is 5.58 Å². The summed E-state index contributed by atoms with van der Waals surface area (Å²) in [7, 11) is 0. The zero-order valence-electron chi connectivity index (χ0n) is 28.0. The van der Waals surface area contributed by atoms with Crippen molar-refractivity contribution >= 4 is 60.9 Å². The number of furan rings is 1. The molecule has 0 aliphatic rings. The van der Waals surface area contributed by atoms with Gasteiger partial charge in [-0.2, -0.15) is 0 Å². The minimum absolute atomic E-state index is 0.646. The molecule has 0 saturated heterocycles. The Balaban J connectivity index is 1.02. The van der Waals surface area contributed by atoms with Crippen molar-refractivity contribution in [1.82, 2.24) is 15.0 Å². The maximum Gasteiger partial charge on any atom is 0.227 e. The lowest BCUT2D eigenvalue weighted by atomic mass is 10.0. The van der Waals surface area contributed by atoms with E-state index in [1.54, 1.807) is 0 Å². The molecule has 0 unspecified atom stereocenters. The molecule has 0 atom stereocenters. The van der Waals surface area contributed by atoms with Crippen molar-refractivity contribution in [3.05, 3.63) is 182 Å². The van der Waals surface area contributed by atoms with Crippen LogP contribution in [0.4, 0.5) is 17.1 Å². The predicted octanol–water partition coefficient (Wildman–Crippen LogP) is 12.5. The van der Waals surface area contributed by atoms with E-state index in [0.717, 1.165) is 88.7 Å². The van der Waals surface area contributed by atoms with Crippen LogP contribution in [0, 0.1) is 0 Å². The first kappa shape index (κ1) is 29.8. The number of benzene rings is 6. The van der Waals surface area contributed by atoms with E-state index in [4.69, 9.17) is 19.4 Å². The van der Waals surface area contributed by atoms with E-state index in [1.807, 2.05) is 54.9 Å². The topological polar surface area (TPSA) is 55.1 Å². The Morgan fingerprint density at radius 1 is 0.404 bits per heavy atom. The van der Waals surface area contributed by atoms with Crippen LogP contribution in [-0.2, 0) is 0 Å². The highest BCUT2D eigenvalue weighted by Crippen LogP contribution is 2.38. The largest absolute Gasteiger partial charge is 0.438 e. The standard InChI is InChI=1S/C47H30N4O/c1-4-10-43-34(7-1)27-36(29-48-43)31-13-19-38(20-14-31)51(39-21-15-32(16-22-39)37-28-35-8-2-5-11-44(35)49-30-37)40-23-17-33(18-24-40)45-26-25-42-41-9-3-6-12-46(41)52-47(42)50-45/h1-30H. The van der Waals surface area contributed by atoms with Gasteiger partial charge in [-0.25, -0.2) is 4.98 Å². The third-order valence-corrected chi connectivity index (χ3v) is 9.76. The Kier molecular flexibility index (Phi) is 7.07. The Labute approximate surface area is 300 Å². The molecule has 5 heteroatoms. The number of anilines is 3. The molecule has 52 heavy (non-hydrogen) atoms. The molecule has 6 aromatic carbocycles. The molecule has 0 N–H and O–H groups in total. The summed E-state index contributed by atoms with van der Waals surface area (Å²) < 4.78 is 6.09. The van der Waals surface area contributed by atoms with Crippen LogP contribution in [0.1, 0.15) is 0 Å². The van der Waals surface area contributed by atoms with Crippen molar-refractivity contribution in [2.45, 2.75) is 0 Å². The summed E-state index contributed by atoms with van der Waals surface area (Å²) in [4.78, 5) is 16.6. The van der Waals surface area contributed by atoms with Gasteiger partial charge in [0.25, 0.3) is 0 Å². The smallest absolute Gasteiger partial charge is 0.227 e. The molecule has 4 aromatic heterocycles. The van der Waals surface area contributed by atoms with Crippen LogP contribution in [0.2, 0.25) is 0 Å². The second-order valence-electron chi connectivity index (χ2n) is 13.0. The number of pyridine rings is 3. The van der Waals surface area contributed by atoms with Gasteiger partial charge in [0.05, 0.1) is 16.7 Å². The Morgan fingerprint density at radius 2 is 0.904 bits per heavy atom. The number of aromatic nitrogens is 3. The van der Waals surface area contributed by atoms with Gasteiger partial charge in [-0.1, -0.05) is 91.0 Å². The molecule has 10 rings (SSSR count). The third kappa shape index (κ3) is 5.32.